The van der Waals surface area contributed by atoms with E-state index in [0.717, 1.165) is 54.5 Å². The maximum absolute atomic E-state index is 11.0. The molecule has 27 heavy (non-hydrogen) atoms. The number of thiazole rings is 1. The number of thiophene rings is 1. The first-order valence-corrected chi connectivity index (χ1v) is 10.7. The number of rotatable bonds is 11. The molecular weight excluding hydrogens is 382 g/mol. The zero-order valence-electron chi connectivity index (χ0n) is 15.8. The fourth-order valence-corrected chi connectivity index (χ4v) is 3.81. The van der Waals surface area contributed by atoms with Gasteiger partial charge in [-0.25, -0.2) is 4.98 Å². The van der Waals surface area contributed by atoms with Crippen molar-refractivity contribution in [2.75, 3.05) is 19.8 Å². The van der Waals surface area contributed by atoms with Gasteiger partial charge in [-0.05, 0) is 25.0 Å². The lowest BCUT2D eigenvalue weighted by atomic mass is 10.3. The average Bonchev–Trinajstić information content (AvgIpc) is 3.28. The van der Waals surface area contributed by atoms with Crippen LogP contribution in [0.2, 0.25) is 0 Å². The summed E-state index contributed by atoms with van der Waals surface area (Å²) in [5, 5.41) is 8.45. The van der Waals surface area contributed by atoms with E-state index >= 15 is 0 Å². The fraction of sp³-hybridized carbons (Fsp3) is 0.500. The Morgan fingerprint density at radius 3 is 2.89 bits per heavy atom. The molecule has 0 aliphatic heterocycles. The van der Waals surface area contributed by atoms with Crippen molar-refractivity contribution in [3.63, 3.8) is 0 Å². The summed E-state index contributed by atoms with van der Waals surface area (Å²) in [6.45, 7) is 6.45. The number of carbonyl (C=O) groups excluding carboxylic acids is 1. The Kier molecular flexibility index (Phi) is 9.23. The minimum atomic E-state index is -0.0364. The molecule has 7 nitrogen and oxygen atoms in total. The van der Waals surface area contributed by atoms with Crippen LogP contribution in [-0.2, 0) is 16.1 Å². The number of nitrogens with two attached hydrogens (primary N) is 1. The Bertz CT molecular complexity index is 742. The number of aliphatic imine (C=N–C) groups is 1. The molecule has 0 unspecified atom stereocenters. The van der Waals surface area contributed by atoms with Gasteiger partial charge >= 0.3 is 0 Å². The maximum atomic E-state index is 11.0. The third-order valence-corrected chi connectivity index (χ3v) is 5.39. The van der Waals surface area contributed by atoms with E-state index in [0.29, 0.717) is 17.6 Å². The summed E-state index contributed by atoms with van der Waals surface area (Å²) >= 11 is 3.05. The zero-order chi connectivity index (χ0) is 19.5. The van der Waals surface area contributed by atoms with E-state index < -0.39 is 0 Å². The molecule has 0 radical (unpaired) electrons. The Balaban J connectivity index is 1.79. The molecular formula is C18H27N5O2S2. The van der Waals surface area contributed by atoms with Crippen molar-refractivity contribution in [2.45, 2.75) is 39.7 Å². The van der Waals surface area contributed by atoms with Crippen LogP contribution in [0.3, 0.4) is 0 Å². The molecule has 0 bridgehead atoms. The topological polar surface area (TPSA) is 102 Å². The second kappa shape index (κ2) is 11.7. The molecule has 2 rings (SSSR count). The molecule has 0 aliphatic carbocycles. The number of amides is 1. The molecule has 4 N–H and O–H groups in total. The molecule has 0 saturated carbocycles. The zero-order valence-corrected chi connectivity index (χ0v) is 17.4. The lowest BCUT2D eigenvalue weighted by molar-refractivity contribution is -0.119. The van der Waals surface area contributed by atoms with Gasteiger partial charge in [-0.15, -0.1) is 22.7 Å². The molecule has 0 aromatic carbocycles. The van der Waals surface area contributed by atoms with Gasteiger partial charge in [0.05, 0.1) is 17.1 Å². The van der Waals surface area contributed by atoms with Crippen molar-refractivity contribution in [1.29, 1.82) is 0 Å². The van der Waals surface area contributed by atoms with Crippen LogP contribution >= 0.6 is 22.7 Å². The third kappa shape index (κ3) is 8.06. The van der Waals surface area contributed by atoms with E-state index in [1.165, 1.54) is 18.3 Å². The normalized spacial score (nSPS) is 11.6. The molecule has 9 heteroatoms. The van der Waals surface area contributed by atoms with Crippen molar-refractivity contribution in [3.8, 4) is 10.6 Å². The van der Waals surface area contributed by atoms with Crippen molar-refractivity contribution in [2.24, 2.45) is 10.7 Å². The highest BCUT2D eigenvalue weighted by molar-refractivity contribution is 7.16. The van der Waals surface area contributed by atoms with Crippen LogP contribution in [0.25, 0.3) is 10.6 Å². The summed E-state index contributed by atoms with van der Waals surface area (Å²) < 4.78 is 5.51. The molecule has 2 heterocycles. The third-order valence-electron chi connectivity index (χ3n) is 3.55. The largest absolute Gasteiger partial charge is 0.381 e. The number of unbranched alkanes of at least 4 members (excludes halogenated alkanes) is 1. The summed E-state index contributed by atoms with van der Waals surface area (Å²) in [5.74, 6) is 0.327. The van der Waals surface area contributed by atoms with E-state index in [1.54, 1.807) is 11.3 Å². The van der Waals surface area contributed by atoms with Gasteiger partial charge < -0.3 is 21.1 Å². The Labute approximate surface area is 168 Å². The van der Waals surface area contributed by atoms with E-state index in [-0.39, 0.29) is 5.91 Å². The lowest BCUT2D eigenvalue weighted by Crippen LogP contribution is -2.32. The highest BCUT2D eigenvalue weighted by atomic mass is 32.1. The number of ether oxygens (including phenoxy) is 1. The standard InChI is InChI=1S/C18H27N5O2S2/c1-3-4-9-25-10-5-8-20-17(19)23-18-22-15(12-26-18)16-7-6-14(27-16)11-21-13(2)24/h6-7,12H,3-5,8-11H2,1-2H3,(H,21,24)(H3,19,20,22,23). The number of nitrogens with zero attached hydrogens (tertiary/aromatic N) is 2. The Morgan fingerprint density at radius 1 is 1.30 bits per heavy atom. The summed E-state index contributed by atoms with van der Waals surface area (Å²) in [5.41, 5.74) is 6.79. The minimum Gasteiger partial charge on any atom is -0.381 e. The predicted octanol–water partition coefficient (Wildman–Crippen LogP) is 3.25. The van der Waals surface area contributed by atoms with E-state index in [4.69, 9.17) is 10.5 Å². The van der Waals surface area contributed by atoms with Crippen LogP contribution < -0.4 is 16.4 Å². The van der Waals surface area contributed by atoms with Gasteiger partial charge in [0, 0.05) is 36.9 Å². The number of hydrogen-bond acceptors (Lipinski definition) is 6. The van der Waals surface area contributed by atoms with E-state index in [9.17, 15) is 4.79 Å². The minimum absolute atomic E-state index is 0.0364. The Hall–Kier alpha value is -1.97. The second-order valence-corrected chi connectivity index (χ2v) is 7.94. The number of hydrogen-bond donors (Lipinski definition) is 3. The number of guanidine groups is 1. The molecule has 2 aromatic rings. The molecule has 0 saturated heterocycles. The summed E-state index contributed by atoms with van der Waals surface area (Å²) in [7, 11) is 0. The lowest BCUT2D eigenvalue weighted by Gasteiger charge is -2.05. The first-order valence-electron chi connectivity index (χ1n) is 9.03. The van der Waals surface area contributed by atoms with Gasteiger partial charge in [0.15, 0.2) is 5.96 Å². The first-order chi connectivity index (χ1) is 13.1. The Morgan fingerprint density at radius 2 is 2.11 bits per heavy atom. The van der Waals surface area contributed by atoms with Crippen molar-refractivity contribution >= 4 is 39.7 Å². The molecule has 2 aromatic heterocycles. The fourth-order valence-electron chi connectivity index (χ4n) is 2.13. The summed E-state index contributed by atoms with van der Waals surface area (Å²) in [6.07, 6.45) is 3.13. The van der Waals surface area contributed by atoms with Crippen LogP contribution in [-0.4, -0.2) is 36.6 Å². The highest BCUT2D eigenvalue weighted by Gasteiger charge is 2.08. The van der Waals surface area contributed by atoms with Crippen LogP contribution in [0.1, 0.15) is 38.0 Å². The maximum Gasteiger partial charge on any atom is 0.217 e. The molecule has 0 aliphatic rings. The highest BCUT2D eigenvalue weighted by Crippen LogP contribution is 2.31. The average molecular weight is 410 g/mol. The van der Waals surface area contributed by atoms with Gasteiger partial charge in [-0.1, -0.05) is 13.3 Å². The van der Waals surface area contributed by atoms with Crippen molar-refractivity contribution in [3.05, 3.63) is 22.4 Å². The molecule has 148 valence electrons. The number of nitrogens with one attached hydrogen (secondary N) is 2. The molecule has 0 atom stereocenters. The SMILES string of the molecule is CCCCOCCCNC(N)=Nc1nc(-c2ccc(CNC(C)=O)s2)cs1. The van der Waals surface area contributed by atoms with E-state index in [2.05, 4.69) is 27.5 Å². The van der Waals surface area contributed by atoms with E-state index in [1.807, 2.05) is 17.5 Å². The summed E-state index contributed by atoms with van der Waals surface area (Å²) in [6, 6.07) is 4.00. The van der Waals surface area contributed by atoms with Crippen LogP contribution in [0.15, 0.2) is 22.5 Å². The summed E-state index contributed by atoms with van der Waals surface area (Å²) in [4.78, 5) is 22.0. The molecule has 0 fully saturated rings. The smallest absolute Gasteiger partial charge is 0.217 e. The quantitative estimate of drug-likeness (QED) is 0.300. The predicted molar refractivity (Wildman–Crippen MR) is 113 cm³/mol. The van der Waals surface area contributed by atoms with Gasteiger partial charge in [0.25, 0.3) is 0 Å². The second-order valence-electron chi connectivity index (χ2n) is 5.93. The number of aromatic nitrogens is 1. The van der Waals surface area contributed by atoms with Gasteiger partial charge in [0.2, 0.25) is 11.0 Å². The van der Waals surface area contributed by atoms with Gasteiger partial charge in [-0.2, -0.15) is 4.99 Å². The van der Waals surface area contributed by atoms with Crippen LogP contribution in [0.4, 0.5) is 5.13 Å². The van der Waals surface area contributed by atoms with Gasteiger partial charge in [0.1, 0.15) is 0 Å². The monoisotopic (exact) mass is 409 g/mol. The van der Waals surface area contributed by atoms with Crippen LogP contribution in [0, 0.1) is 0 Å². The van der Waals surface area contributed by atoms with Crippen LogP contribution in [0.5, 0.6) is 0 Å². The first kappa shape index (κ1) is 21.3. The number of carbonyl (C=O) groups is 1. The van der Waals surface area contributed by atoms with Crippen molar-refractivity contribution < 1.29 is 9.53 Å². The van der Waals surface area contributed by atoms with Gasteiger partial charge in [-0.3, -0.25) is 4.79 Å². The molecule has 1 amide bonds. The van der Waals surface area contributed by atoms with Crippen molar-refractivity contribution in [1.82, 2.24) is 15.6 Å². The molecule has 0 spiro atoms.